The SMILES string of the molecule is Cc1ccccc1C(=O)Nc1nnc(CSc2ccccc2)s1. The summed E-state index contributed by atoms with van der Waals surface area (Å²) in [6.45, 7) is 1.91. The fraction of sp³-hybridized carbons (Fsp3) is 0.118. The largest absolute Gasteiger partial charge is 0.296 e. The highest BCUT2D eigenvalue weighted by Crippen LogP contribution is 2.25. The van der Waals surface area contributed by atoms with Crippen LogP contribution in [0.5, 0.6) is 0 Å². The number of nitrogens with zero attached hydrogens (tertiary/aromatic N) is 2. The highest BCUT2D eigenvalue weighted by Gasteiger charge is 2.12. The van der Waals surface area contributed by atoms with Crippen molar-refractivity contribution in [3.05, 3.63) is 70.7 Å². The second-order valence-corrected chi connectivity index (χ2v) is 6.98. The van der Waals surface area contributed by atoms with Crippen LogP contribution in [-0.4, -0.2) is 16.1 Å². The number of aryl methyl sites for hydroxylation is 1. The first kappa shape index (κ1) is 15.7. The van der Waals surface area contributed by atoms with Gasteiger partial charge in [0, 0.05) is 10.5 Å². The summed E-state index contributed by atoms with van der Waals surface area (Å²) < 4.78 is 0. The average Bonchev–Trinajstić information content (AvgIpc) is 3.02. The molecule has 0 saturated heterocycles. The Hall–Kier alpha value is -2.18. The molecular formula is C17H15N3OS2. The number of rotatable bonds is 5. The highest BCUT2D eigenvalue weighted by molar-refractivity contribution is 7.98. The molecule has 0 unspecified atom stereocenters. The molecule has 3 rings (SSSR count). The van der Waals surface area contributed by atoms with Gasteiger partial charge in [0.25, 0.3) is 5.91 Å². The van der Waals surface area contributed by atoms with Gasteiger partial charge in [-0.25, -0.2) is 0 Å². The number of hydrogen-bond acceptors (Lipinski definition) is 5. The van der Waals surface area contributed by atoms with E-state index < -0.39 is 0 Å². The molecule has 0 spiro atoms. The summed E-state index contributed by atoms with van der Waals surface area (Å²) in [5.41, 5.74) is 1.59. The monoisotopic (exact) mass is 341 g/mol. The maximum Gasteiger partial charge on any atom is 0.257 e. The number of amides is 1. The number of thioether (sulfide) groups is 1. The van der Waals surface area contributed by atoms with Gasteiger partial charge >= 0.3 is 0 Å². The van der Waals surface area contributed by atoms with Crippen LogP contribution in [0.1, 0.15) is 20.9 Å². The number of nitrogens with one attached hydrogen (secondary N) is 1. The molecule has 2 aromatic carbocycles. The van der Waals surface area contributed by atoms with Crippen LogP contribution in [-0.2, 0) is 5.75 Å². The maximum atomic E-state index is 12.2. The van der Waals surface area contributed by atoms with Crippen molar-refractivity contribution in [2.75, 3.05) is 5.32 Å². The Morgan fingerprint density at radius 1 is 1.09 bits per heavy atom. The molecule has 1 aromatic heterocycles. The van der Waals surface area contributed by atoms with Gasteiger partial charge in [-0.2, -0.15) is 0 Å². The first-order valence-electron chi connectivity index (χ1n) is 7.09. The molecule has 0 atom stereocenters. The van der Waals surface area contributed by atoms with Crippen LogP contribution in [0, 0.1) is 6.92 Å². The molecule has 23 heavy (non-hydrogen) atoms. The lowest BCUT2D eigenvalue weighted by Gasteiger charge is -2.03. The third-order valence-corrected chi connectivity index (χ3v) is 5.23. The summed E-state index contributed by atoms with van der Waals surface area (Å²) in [7, 11) is 0. The van der Waals surface area contributed by atoms with Crippen LogP contribution in [0.15, 0.2) is 59.5 Å². The smallest absolute Gasteiger partial charge is 0.257 e. The van der Waals surface area contributed by atoms with Gasteiger partial charge in [0.05, 0.1) is 5.75 Å². The minimum atomic E-state index is -0.151. The van der Waals surface area contributed by atoms with Crippen LogP contribution in [0.2, 0.25) is 0 Å². The summed E-state index contributed by atoms with van der Waals surface area (Å²) in [4.78, 5) is 13.4. The van der Waals surface area contributed by atoms with Crippen LogP contribution >= 0.6 is 23.1 Å². The fourth-order valence-corrected chi connectivity index (χ4v) is 3.66. The van der Waals surface area contributed by atoms with Crippen LogP contribution in [0.3, 0.4) is 0 Å². The van der Waals surface area contributed by atoms with E-state index in [0.717, 1.165) is 16.3 Å². The van der Waals surface area contributed by atoms with Crippen molar-refractivity contribution in [1.82, 2.24) is 10.2 Å². The van der Waals surface area contributed by atoms with Gasteiger partial charge in [-0.15, -0.1) is 22.0 Å². The Morgan fingerprint density at radius 3 is 2.61 bits per heavy atom. The average molecular weight is 341 g/mol. The lowest BCUT2D eigenvalue weighted by molar-refractivity contribution is 0.102. The minimum absolute atomic E-state index is 0.151. The summed E-state index contributed by atoms with van der Waals surface area (Å²) in [6, 6.07) is 17.6. The molecule has 1 heterocycles. The number of carbonyl (C=O) groups is 1. The van der Waals surface area contributed by atoms with Crippen molar-refractivity contribution in [2.45, 2.75) is 17.6 Å². The van der Waals surface area contributed by atoms with E-state index >= 15 is 0 Å². The summed E-state index contributed by atoms with van der Waals surface area (Å²) >= 11 is 3.11. The molecule has 0 aliphatic rings. The van der Waals surface area contributed by atoms with Crippen molar-refractivity contribution >= 4 is 34.1 Å². The van der Waals surface area contributed by atoms with Crippen molar-refractivity contribution in [3.63, 3.8) is 0 Å². The molecule has 6 heteroatoms. The first-order chi connectivity index (χ1) is 11.2. The predicted octanol–water partition coefficient (Wildman–Crippen LogP) is 4.39. The van der Waals surface area contributed by atoms with Crippen LogP contribution in [0.4, 0.5) is 5.13 Å². The molecule has 0 saturated carbocycles. The molecule has 0 bridgehead atoms. The van der Waals surface area contributed by atoms with E-state index in [0.29, 0.717) is 10.7 Å². The third kappa shape index (κ3) is 4.18. The molecule has 0 aliphatic carbocycles. The van der Waals surface area contributed by atoms with Gasteiger partial charge in [0.2, 0.25) is 5.13 Å². The maximum absolute atomic E-state index is 12.2. The van der Waals surface area contributed by atoms with E-state index in [4.69, 9.17) is 0 Å². The molecule has 0 radical (unpaired) electrons. The zero-order valence-electron chi connectivity index (χ0n) is 12.5. The molecule has 1 amide bonds. The number of benzene rings is 2. The summed E-state index contributed by atoms with van der Waals surface area (Å²) in [6.07, 6.45) is 0. The number of carbonyl (C=O) groups excluding carboxylic acids is 1. The standard InChI is InChI=1S/C17H15N3OS2/c1-12-7-5-6-10-14(12)16(21)18-17-20-19-15(23-17)11-22-13-8-3-2-4-9-13/h2-10H,11H2,1H3,(H,18,20,21). The van der Waals surface area contributed by atoms with Crippen LogP contribution in [0.25, 0.3) is 0 Å². The lowest BCUT2D eigenvalue weighted by Crippen LogP contribution is -2.12. The van der Waals surface area contributed by atoms with E-state index in [9.17, 15) is 4.79 Å². The molecule has 116 valence electrons. The first-order valence-corrected chi connectivity index (χ1v) is 8.90. The van der Waals surface area contributed by atoms with E-state index in [-0.39, 0.29) is 5.91 Å². The molecule has 0 fully saturated rings. The van der Waals surface area contributed by atoms with E-state index in [1.165, 1.54) is 16.2 Å². The Labute approximate surface area is 143 Å². The van der Waals surface area contributed by atoms with Gasteiger partial charge in [-0.3, -0.25) is 10.1 Å². The topological polar surface area (TPSA) is 54.9 Å². The highest BCUT2D eigenvalue weighted by atomic mass is 32.2. The van der Waals surface area contributed by atoms with E-state index in [1.54, 1.807) is 17.8 Å². The number of anilines is 1. The van der Waals surface area contributed by atoms with Crippen LogP contribution < -0.4 is 5.32 Å². The Bertz CT molecular complexity index is 802. The number of aromatic nitrogens is 2. The molecule has 4 nitrogen and oxygen atoms in total. The Kier molecular flexibility index (Phi) is 5.05. The van der Waals surface area contributed by atoms with Crippen molar-refractivity contribution in [2.24, 2.45) is 0 Å². The molecular weight excluding hydrogens is 326 g/mol. The van der Waals surface area contributed by atoms with Crippen molar-refractivity contribution < 1.29 is 4.79 Å². The minimum Gasteiger partial charge on any atom is -0.296 e. The van der Waals surface area contributed by atoms with E-state index in [2.05, 4.69) is 27.6 Å². The van der Waals surface area contributed by atoms with E-state index in [1.807, 2.05) is 43.3 Å². The quantitative estimate of drug-likeness (QED) is 0.699. The Morgan fingerprint density at radius 2 is 1.83 bits per heavy atom. The fourth-order valence-electron chi connectivity index (χ4n) is 2.02. The van der Waals surface area contributed by atoms with Gasteiger partial charge in [0.1, 0.15) is 5.01 Å². The van der Waals surface area contributed by atoms with Gasteiger partial charge < -0.3 is 0 Å². The lowest BCUT2D eigenvalue weighted by atomic mass is 10.1. The van der Waals surface area contributed by atoms with Gasteiger partial charge in [-0.1, -0.05) is 47.7 Å². The predicted molar refractivity (Wildman–Crippen MR) is 95.0 cm³/mol. The third-order valence-electron chi connectivity index (χ3n) is 3.18. The van der Waals surface area contributed by atoms with Crippen molar-refractivity contribution in [1.29, 1.82) is 0 Å². The zero-order valence-corrected chi connectivity index (χ0v) is 14.2. The Balaban J connectivity index is 1.61. The molecule has 1 N–H and O–H groups in total. The zero-order chi connectivity index (χ0) is 16.1. The van der Waals surface area contributed by atoms with Crippen molar-refractivity contribution in [3.8, 4) is 0 Å². The normalized spacial score (nSPS) is 10.5. The molecule has 3 aromatic rings. The van der Waals surface area contributed by atoms with Gasteiger partial charge in [-0.05, 0) is 30.7 Å². The second kappa shape index (κ2) is 7.39. The summed E-state index contributed by atoms with van der Waals surface area (Å²) in [5, 5.41) is 12.4. The van der Waals surface area contributed by atoms with Gasteiger partial charge in [0.15, 0.2) is 0 Å². The number of hydrogen-bond donors (Lipinski definition) is 1. The second-order valence-electron chi connectivity index (χ2n) is 4.87. The molecule has 0 aliphatic heterocycles. The summed E-state index contributed by atoms with van der Waals surface area (Å²) in [5.74, 6) is 0.587.